The Labute approximate surface area is 150 Å². The van der Waals surface area contributed by atoms with Gasteiger partial charge in [0.1, 0.15) is 5.69 Å². The maximum absolute atomic E-state index is 12.3. The number of carbonyl (C=O) groups excluding carboxylic acids is 2. The van der Waals surface area contributed by atoms with E-state index in [2.05, 4.69) is 15.6 Å². The number of hydrogen-bond acceptors (Lipinski definition) is 6. The summed E-state index contributed by atoms with van der Waals surface area (Å²) in [6, 6.07) is 7.25. The first-order valence-corrected chi connectivity index (χ1v) is 8.20. The maximum Gasteiger partial charge on any atom is 0.312 e. The molecule has 8 nitrogen and oxygen atoms in total. The van der Waals surface area contributed by atoms with Gasteiger partial charge in [-0.25, -0.2) is 0 Å². The van der Waals surface area contributed by atoms with Gasteiger partial charge in [0.15, 0.2) is 11.7 Å². The van der Waals surface area contributed by atoms with E-state index in [4.69, 9.17) is 9.26 Å². The lowest BCUT2D eigenvalue weighted by molar-refractivity contribution is -0.152. The zero-order chi connectivity index (χ0) is 18.8. The Morgan fingerprint density at radius 2 is 2.04 bits per heavy atom. The third kappa shape index (κ3) is 3.44. The van der Waals surface area contributed by atoms with Crippen LogP contribution in [-0.2, 0) is 27.8 Å². The number of para-hydroxylation sites is 1. The number of anilines is 1. The Morgan fingerprint density at radius 3 is 2.73 bits per heavy atom. The van der Waals surface area contributed by atoms with E-state index >= 15 is 0 Å². The summed E-state index contributed by atoms with van der Waals surface area (Å²) in [5.74, 6) is -0.964. The summed E-state index contributed by atoms with van der Waals surface area (Å²) < 4.78 is 12.1. The Morgan fingerprint density at radius 1 is 1.31 bits per heavy atom. The van der Waals surface area contributed by atoms with Gasteiger partial charge in [0.25, 0.3) is 5.91 Å². The number of nitrogens with zero attached hydrogens (tertiary/aromatic N) is 3. The second kappa shape index (κ2) is 6.99. The monoisotopic (exact) mass is 356 g/mol. The predicted molar refractivity (Wildman–Crippen MR) is 94.6 cm³/mol. The van der Waals surface area contributed by atoms with Crippen molar-refractivity contribution < 1.29 is 18.8 Å². The van der Waals surface area contributed by atoms with E-state index < -0.39 is 18.0 Å². The van der Waals surface area contributed by atoms with Crippen LogP contribution >= 0.6 is 0 Å². The van der Waals surface area contributed by atoms with Gasteiger partial charge in [-0.05, 0) is 32.9 Å². The highest BCUT2D eigenvalue weighted by Gasteiger charge is 2.22. The van der Waals surface area contributed by atoms with E-state index in [0.29, 0.717) is 22.7 Å². The molecule has 8 heteroatoms. The summed E-state index contributed by atoms with van der Waals surface area (Å²) in [5, 5.41) is 11.6. The molecule has 3 rings (SSSR count). The van der Waals surface area contributed by atoms with Crippen molar-refractivity contribution in [3.05, 3.63) is 41.3 Å². The molecule has 2 heterocycles. The zero-order valence-corrected chi connectivity index (χ0v) is 15.1. The van der Waals surface area contributed by atoms with Crippen LogP contribution in [0.5, 0.6) is 0 Å². The number of aromatic nitrogens is 3. The lowest BCUT2D eigenvalue weighted by Crippen LogP contribution is -2.30. The number of fused-ring (bicyclic) bond motifs is 1. The number of nitrogens with one attached hydrogen (secondary N) is 1. The molecule has 26 heavy (non-hydrogen) atoms. The van der Waals surface area contributed by atoms with Crippen molar-refractivity contribution in [2.75, 3.05) is 5.32 Å². The summed E-state index contributed by atoms with van der Waals surface area (Å²) in [6.07, 6.45) is -1.01. The molecule has 136 valence electrons. The number of carbonyl (C=O) groups is 2. The minimum absolute atomic E-state index is 0.0699. The van der Waals surface area contributed by atoms with Crippen molar-refractivity contribution in [3.63, 3.8) is 0 Å². The summed E-state index contributed by atoms with van der Waals surface area (Å²) in [5.41, 5.74) is 3.23. The lowest BCUT2D eigenvalue weighted by Gasteiger charge is -2.13. The molecule has 1 N–H and O–H groups in total. The highest BCUT2D eigenvalue weighted by atomic mass is 16.5. The normalized spacial score (nSPS) is 12.2. The van der Waals surface area contributed by atoms with Crippen LogP contribution in [0, 0.1) is 13.8 Å². The van der Waals surface area contributed by atoms with Crippen molar-refractivity contribution in [1.82, 2.24) is 14.9 Å². The molecule has 1 atom stereocenters. The van der Waals surface area contributed by atoms with Crippen molar-refractivity contribution >= 4 is 28.5 Å². The van der Waals surface area contributed by atoms with E-state index in [1.54, 1.807) is 24.7 Å². The maximum atomic E-state index is 12.3. The van der Waals surface area contributed by atoms with Crippen LogP contribution in [0.1, 0.15) is 24.0 Å². The third-order valence-electron chi connectivity index (χ3n) is 4.20. The molecule has 1 amide bonds. The minimum Gasteiger partial charge on any atom is -0.452 e. The first kappa shape index (κ1) is 17.7. The Kier molecular flexibility index (Phi) is 4.75. The lowest BCUT2D eigenvalue weighted by atomic mass is 10.2. The molecular weight excluding hydrogens is 336 g/mol. The third-order valence-corrected chi connectivity index (χ3v) is 4.20. The highest BCUT2D eigenvalue weighted by molar-refractivity contribution is 5.96. The number of esters is 1. The molecule has 0 aliphatic heterocycles. The number of hydrogen-bond donors (Lipinski definition) is 1. The molecule has 2 aromatic heterocycles. The Bertz CT molecular complexity index is 973. The number of aryl methyl sites for hydroxylation is 2. The first-order valence-electron chi connectivity index (χ1n) is 8.20. The molecule has 3 aromatic rings. The molecule has 0 saturated heterocycles. The van der Waals surface area contributed by atoms with E-state index in [9.17, 15) is 9.59 Å². The molecule has 0 aliphatic rings. The van der Waals surface area contributed by atoms with Gasteiger partial charge in [-0.15, -0.1) is 0 Å². The minimum atomic E-state index is -0.945. The summed E-state index contributed by atoms with van der Waals surface area (Å²) >= 11 is 0. The van der Waals surface area contributed by atoms with Gasteiger partial charge in [0, 0.05) is 12.4 Å². The van der Waals surface area contributed by atoms with Crippen molar-refractivity contribution in [2.24, 2.45) is 7.05 Å². The Hall–Kier alpha value is -3.16. The van der Waals surface area contributed by atoms with Crippen molar-refractivity contribution in [3.8, 4) is 0 Å². The Balaban J connectivity index is 1.62. The topological polar surface area (TPSA) is 99.2 Å². The fourth-order valence-corrected chi connectivity index (χ4v) is 2.67. The molecular formula is C18H20N4O4. The van der Waals surface area contributed by atoms with E-state index in [1.807, 2.05) is 25.1 Å². The summed E-state index contributed by atoms with van der Waals surface area (Å²) in [7, 11) is 1.80. The molecule has 0 bridgehead atoms. The first-order chi connectivity index (χ1) is 12.4. The highest BCUT2D eigenvalue weighted by Crippen LogP contribution is 2.20. The van der Waals surface area contributed by atoms with E-state index in [0.717, 1.165) is 11.1 Å². The van der Waals surface area contributed by atoms with Gasteiger partial charge >= 0.3 is 5.97 Å². The van der Waals surface area contributed by atoms with Gasteiger partial charge in [-0.3, -0.25) is 14.3 Å². The van der Waals surface area contributed by atoms with Gasteiger partial charge in [-0.1, -0.05) is 17.3 Å². The van der Waals surface area contributed by atoms with Gasteiger partial charge in [0.2, 0.25) is 0 Å². The largest absolute Gasteiger partial charge is 0.452 e. The van der Waals surface area contributed by atoms with Crippen LogP contribution in [-0.4, -0.2) is 32.9 Å². The molecule has 0 fully saturated rings. The molecule has 0 unspecified atom stereocenters. The van der Waals surface area contributed by atoms with E-state index in [1.165, 1.54) is 6.92 Å². The van der Waals surface area contributed by atoms with Crippen molar-refractivity contribution in [2.45, 2.75) is 33.3 Å². The van der Waals surface area contributed by atoms with Crippen molar-refractivity contribution in [1.29, 1.82) is 0 Å². The quantitative estimate of drug-likeness (QED) is 0.704. The second-order valence-electron chi connectivity index (χ2n) is 6.09. The van der Waals surface area contributed by atoms with Crippen LogP contribution in [0.15, 0.2) is 28.8 Å². The molecule has 1 aromatic carbocycles. The number of amides is 1. The fraction of sp³-hybridized carbons (Fsp3) is 0.333. The molecule has 0 radical (unpaired) electrons. The van der Waals surface area contributed by atoms with Crippen LogP contribution in [0.2, 0.25) is 0 Å². The van der Waals surface area contributed by atoms with Gasteiger partial charge in [-0.2, -0.15) is 5.10 Å². The zero-order valence-electron chi connectivity index (χ0n) is 15.1. The number of rotatable bonds is 5. The average Bonchev–Trinajstić information content (AvgIpc) is 3.11. The van der Waals surface area contributed by atoms with Crippen LogP contribution in [0.3, 0.4) is 0 Å². The average molecular weight is 356 g/mol. The van der Waals surface area contributed by atoms with Crippen LogP contribution in [0.25, 0.3) is 11.0 Å². The SMILES string of the molecule is Cc1nn(C)c(C)c1NC(=O)[C@H](C)OC(=O)Cc1noc2ccccc12. The summed E-state index contributed by atoms with van der Waals surface area (Å²) in [6.45, 7) is 5.17. The predicted octanol–water partition coefficient (Wildman–Crippen LogP) is 2.29. The van der Waals surface area contributed by atoms with Gasteiger partial charge < -0.3 is 14.6 Å². The smallest absolute Gasteiger partial charge is 0.312 e. The van der Waals surface area contributed by atoms with Gasteiger partial charge in [0.05, 0.1) is 23.5 Å². The summed E-state index contributed by atoms with van der Waals surface area (Å²) in [4.78, 5) is 24.5. The van der Waals surface area contributed by atoms with Crippen LogP contribution in [0.4, 0.5) is 5.69 Å². The van der Waals surface area contributed by atoms with E-state index in [-0.39, 0.29) is 6.42 Å². The van der Waals surface area contributed by atoms with Crippen LogP contribution < -0.4 is 5.32 Å². The second-order valence-corrected chi connectivity index (χ2v) is 6.09. The number of ether oxygens (including phenoxy) is 1. The number of benzene rings is 1. The standard InChI is InChI=1S/C18H20N4O4/c1-10-17(11(2)22(4)20-10)19-18(24)12(3)25-16(23)9-14-13-7-5-6-8-15(13)26-21-14/h5-8,12H,9H2,1-4H3,(H,19,24)/t12-/m0/s1. The fourth-order valence-electron chi connectivity index (χ4n) is 2.67. The molecule has 0 spiro atoms. The molecule has 0 saturated carbocycles. The molecule has 0 aliphatic carbocycles.